The van der Waals surface area contributed by atoms with Crippen LogP contribution in [0.2, 0.25) is 10.0 Å². The molecule has 0 radical (unpaired) electrons. The van der Waals surface area contributed by atoms with Gasteiger partial charge in [0, 0.05) is 17.0 Å². The van der Waals surface area contributed by atoms with Crippen molar-refractivity contribution in [2.75, 3.05) is 0 Å². The third-order valence-corrected chi connectivity index (χ3v) is 1.26. The van der Waals surface area contributed by atoms with Crippen LogP contribution in [0.5, 0.6) is 0 Å². The van der Waals surface area contributed by atoms with Gasteiger partial charge >= 0.3 is 0 Å². The summed E-state index contributed by atoms with van der Waals surface area (Å²) in [5, 5.41) is 0.995. The molecule has 1 aromatic carbocycles. The topological polar surface area (TPSA) is 17.1 Å². The molecule has 0 heterocycles. The first kappa shape index (κ1) is 11.8. The van der Waals surface area contributed by atoms with Gasteiger partial charge in [-0.2, -0.15) is 0 Å². The van der Waals surface area contributed by atoms with Crippen molar-refractivity contribution in [1.82, 2.24) is 0 Å². The highest BCUT2D eigenvalue weighted by molar-refractivity contribution is 6.62. The minimum Gasteiger partial charge on any atom is -0.282 e. The van der Waals surface area contributed by atoms with Crippen molar-refractivity contribution in [1.29, 1.82) is 0 Å². The number of carbonyl (C=O) groups is 1. The van der Waals surface area contributed by atoms with E-state index in [4.69, 9.17) is 23.2 Å². The molecule has 0 N–H and O–H groups in total. The van der Waals surface area contributed by atoms with E-state index >= 15 is 0 Å². The maximum absolute atomic E-state index is 9.21. The highest BCUT2D eigenvalue weighted by Crippen LogP contribution is 2.13. The van der Waals surface area contributed by atoms with Crippen molar-refractivity contribution in [2.45, 2.75) is 6.92 Å². The molecule has 66 valence electrons. The van der Waals surface area contributed by atoms with E-state index < -0.39 is 0 Å². The predicted octanol–water partition coefficient (Wildman–Crippen LogP) is 3.77. The maximum atomic E-state index is 9.21. The Bertz CT molecular complexity index is 239. The highest BCUT2D eigenvalue weighted by atomic mass is 35.5. The van der Waals surface area contributed by atoms with Crippen molar-refractivity contribution in [3.05, 3.63) is 34.3 Å². The Morgan fingerprint density at radius 2 is 1.58 bits per heavy atom. The third kappa shape index (κ3) is 7.86. The summed E-state index contributed by atoms with van der Waals surface area (Å²) in [6, 6.07) is 7.08. The van der Waals surface area contributed by atoms with Gasteiger partial charge in [-0.1, -0.05) is 29.3 Å². The summed E-state index contributed by atoms with van der Waals surface area (Å²) in [5.74, 6) is 0. The van der Waals surface area contributed by atoms with Gasteiger partial charge in [-0.05, 0) is 29.8 Å². The first-order valence-corrected chi connectivity index (χ1v) is 4.23. The van der Waals surface area contributed by atoms with Gasteiger partial charge in [0.1, 0.15) is 0 Å². The van der Waals surface area contributed by atoms with Crippen LogP contribution in [0, 0.1) is 0 Å². The molecule has 0 spiro atoms. The minimum absolute atomic E-state index is 0.361. The fourth-order valence-electron chi connectivity index (χ4n) is 0.460. The summed E-state index contributed by atoms with van der Waals surface area (Å²) >= 11 is 15.8. The molecule has 0 amide bonds. The lowest BCUT2D eigenvalue weighted by atomic mass is 10.4. The summed E-state index contributed by atoms with van der Waals surface area (Å²) in [5.41, 5.74) is 0. The van der Waals surface area contributed by atoms with Gasteiger partial charge in [-0.15, -0.1) is 0 Å². The van der Waals surface area contributed by atoms with Gasteiger partial charge in [0.05, 0.1) is 0 Å². The second-order valence-electron chi connectivity index (χ2n) is 1.91. The molecule has 0 saturated heterocycles. The number of carbonyl (C=O) groups excluding carboxylic acids is 1. The molecule has 0 aromatic heterocycles. The van der Waals surface area contributed by atoms with E-state index in [9.17, 15) is 4.79 Å². The monoisotopic (exact) mass is 224 g/mol. The molecule has 0 unspecified atom stereocenters. The number of rotatable bonds is 0. The average molecular weight is 226 g/mol. The van der Waals surface area contributed by atoms with Crippen LogP contribution in [0.25, 0.3) is 0 Å². The predicted molar refractivity (Wildman–Crippen MR) is 53.0 cm³/mol. The molecule has 4 heteroatoms. The number of benzene rings is 1. The fraction of sp³-hybridized carbons (Fsp3) is 0.125. The van der Waals surface area contributed by atoms with Crippen molar-refractivity contribution in [2.24, 2.45) is 0 Å². The van der Waals surface area contributed by atoms with Crippen LogP contribution in [0.1, 0.15) is 6.92 Å². The first-order valence-electron chi connectivity index (χ1n) is 3.09. The molecule has 0 aliphatic carbocycles. The van der Waals surface area contributed by atoms with Crippen LogP contribution in [0.15, 0.2) is 24.3 Å². The molecule has 1 rings (SSSR count). The van der Waals surface area contributed by atoms with Crippen LogP contribution in [-0.2, 0) is 4.79 Å². The smallest absolute Gasteiger partial charge is 0.218 e. The molecule has 0 saturated carbocycles. The lowest BCUT2D eigenvalue weighted by Gasteiger charge is -1.86. The Morgan fingerprint density at radius 1 is 1.25 bits per heavy atom. The van der Waals surface area contributed by atoms with E-state index in [1.165, 1.54) is 6.92 Å². The van der Waals surface area contributed by atoms with Crippen molar-refractivity contribution < 1.29 is 4.79 Å². The Balaban J connectivity index is 0.000000261. The molecule has 0 aliphatic rings. The molecule has 0 fully saturated rings. The van der Waals surface area contributed by atoms with Crippen LogP contribution < -0.4 is 0 Å². The Kier molecular flexibility index (Phi) is 6.17. The average Bonchev–Trinajstić information content (AvgIpc) is 1.84. The van der Waals surface area contributed by atoms with Crippen LogP contribution in [0.4, 0.5) is 0 Å². The summed E-state index contributed by atoms with van der Waals surface area (Å²) in [7, 11) is 0. The summed E-state index contributed by atoms with van der Waals surface area (Å²) in [4.78, 5) is 9.21. The van der Waals surface area contributed by atoms with Crippen molar-refractivity contribution >= 4 is 40.0 Å². The van der Waals surface area contributed by atoms with Gasteiger partial charge in [0.2, 0.25) is 5.24 Å². The molecule has 12 heavy (non-hydrogen) atoms. The molecular weight excluding hydrogens is 218 g/mol. The quantitative estimate of drug-likeness (QED) is 0.614. The lowest BCUT2D eigenvalue weighted by Crippen LogP contribution is -1.62. The highest BCUT2D eigenvalue weighted by Gasteiger charge is 1.84. The molecule has 0 atom stereocenters. The molecule has 0 aliphatic heterocycles. The van der Waals surface area contributed by atoms with Gasteiger partial charge in [0.15, 0.2) is 0 Å². The van der Waals surface area contributed by atoms with Gasteiger partial charge in [-0.3, -0.25) is 4.79 Å². The van der Waals surface area contributed by atoms with Crippen molar-refractivity contribution in [3.8, 4) is 0 Å². The zero-order chi connectivity index (χ0) is 9.56. The minimum atomic E-state index is -0.361. The second-order valence-corrected chi connectivity index (χ2v) is 3.32. The van der Waals surface area contributed by atoms with E-state index in [0.29, 0.717) is 10.0 Å². The second kappa shape index (κ2) is 6.30. The summed E-state index contributed by atoms with van der Waals surface area (Å²) < 4.78 is 0. The Hall–Kier alpha value is -0.240. The van der Waals surface area contributed by atoms with Crippen LogP contribution >= 0.6 is 34.8 Å². The number of halogens is 3. The Morgan fingerprint density at radius 3 is 1.75 bits per heavy atom. The van der Waals surface area contributed by atoms with Crippen LogP contribution in [-0.4, -0.2) is 5.24 Å². The fourth-order valence-corrected chi connectivity index (χ4v) is 0.896. The largest absolute Gasteiger partial charge is 0.282 e. The number of hydrogen-bond acceptors (Lipinski definition) is 1. The normalized spacial score (nSPS) is 8.33. The SMILES string of the molecule is CC(=O)Cl.Clc1cccc(Cl)c1. The van der Waals surface area contributed by atoms with Gasteiger partial charge < -0.3 is 0 Å². The van der Waals surface area contributed by atoms with Gasteiger partial charge in [-0.25, -0.2) is 0 Å². The van der Waals surface area contributed by atoms with Gasteiger partial charge in [0.25, 0.3) is 0 Å². The lowest BCUT2D eigenvalue weighted by molar-refractivity contribution is -0.109. The standard InChI is InChI=1S/C6H4Cl2.C2H3ClO/c7-5-2-1-3-6(8)4-5;1-2(3)4/h1-4H;1H3. The van der Waals surface area contributed by atoms with E-state index in [2.05, 4.69) is 11.6 Å². The zero-order valence-electron chi connectivity index (χ0n) is 6.35. The van der Waals surface area contributed by atoms with E-state index in [-0.39, 0.29) is 5.24 Å². The van der Waals surface area contributed by atoms with E-state index in [1.54, 1.807) is 18.2 Å². The third-order valence-electron chi connectivity index (χ3n) is 0.787. The zero-order valence-corrected chi connectivity index (χ0v) is 8.62. The van der Waals surface area contributed by atoms with E-state index in [1.807, 2.05) is 6.07 Å². The molecule has 1 aromatic rings. The maximum Gasteiger partial charge on any atom is 0.218 e. The number of hydrogen-bond donors (Lipinski definition) is 0. The van der Waals surface area contributed by atoms with E-state index in [0.717, 1.165) is 0 Å². The molecule has 1 nitrogen and oxygen atoms in total. The summed E-state index contributed by atoms with van der Waals surface area (Å²) in [6.07, 6.45) is 0. The summed E-state index contributed by atoms with van der Waals surface area (Å²) in [6.45, 7) is 1.29. The Labute approximate surface area is 86.2 Å². The van der Waals surface area contributed by atoms with Crippen molar-refractivity contribution in [3.63, 3.8) is 0 Å². The molecular formula is C8H7Cl3O. The molecule has 0 bridgehead atoms. The van der Waals surface area contributed by atoms with Crippen LogP contribution in [0.3, 0.4) is 0 Å². The first-order chi connectivity index (χ1) is 5.52.